The zero-order valence-electron chi connectivity index (χ0n) is 14.3. The number of carbonyl (C=O) groups excluding carboxylic acids is 2. The third-order valence-corrected chi connectivity index (χ3v) is 4.87. The molecule has 1 unspecified atom stereocenters. The molecule has 0 radical (unpaired) electrons. The summed E-state index contributed by atoms with van der Waals surface area (Å²) in [6.45, 7) is 4.39. The van der Waals surface area contributed by atoms with Gasteiger partial charge in [-0.1, -0.05) is 33.1 Å². The van der Waals surface area contributed by atoms with Crippen molar-refractivity contribution in [3.05, 3.63) is 23.5 Å². The van der Waals surface area contributed by atoms with Crippen molar-refractivity contribution < 1.29 is 19.1 Å². The Kier molecular flexibility index (Phi) is 8.69. The second-order valence-electron chi connectivity index (χ2n) is 5.28. The fraction of sp³-hybridized carbons (Fsp3) is 0.588. The molecular weight excluding hydrogens is 314 g/mol. The third kappa shape index (κ3) is 5.86. The topological polar surface area (TPSA) is 65.5 Å². The number of nitrogens with zero attached hydrogens (tertiary/aromatic N) is 1. The van der Waals surface area contributed by atoms with Crippen LogP contribution in [0.2, 0.25) is 0 Å². The fourth-order valence-corrected chi connectivity index (χ4v) is 3.32. The van der Waals surface area contributed by atoms with Crippen molar-refractivity contribution in [1.82, 2.24) is 4.98 Å². The Morgan fingerprint density at radius 2 is 1.91 bits per heavy atom. The second kappa shape index (κ2) is 10.3. The summed E-state index contributed by atoms with van der Waals surface area (Å²) in [6.07, 6.45) is 6.37. The highest BCUT2D eigenvalue weighted by Gasteiger charge is 2.21. The Bertz CT molecular complexity index is 533. The molecular formula is C17H25NO4S. The van der Waals surface area contributed by atoms with Crippen molar-refractivity contribution in [2.45, 2.75) is 44.4 Å². The minimum Gasteiger partial charge on any atom is -0.465 e. The first-order valence-corrected chi connectivity index (χ1v) is 8.85. The molecule has 1 aromatic rings. The molecule has 0 aromatic carbocycles. The van der Waals surface area contributed by atoms with Gasteiger partial charge in [-0.05, 0) is 18.4 Å². The standard InChI is InChI=1S/C17H25NO4S/c1-5-7-8-12(6-2)11-23-13-9-14(16(19)21-3)15(18-10-13)17(20)22-4/h9-10,12H,5-8,11H2,1-4H3. The first kappa shape index (κ1) is 19.5. The van der Waals surface area contributed by atoms with Gasteiger partial charge in [0, 0.05) is 16.8 Å². The largest absolute Gasteiger partial charge is 0.465 e. The van der Waals surface area contributed by atoms with E-state index in [9.17, 15) is 9.59 Å². The van der Waals surface area contributed by atoms with Crippen molar-refractivity contribution in [3.63, 3.8) is 0 Å². The Labute approximate surface area is 142 Å². The van der Waals surface area contributed by atoms with Crippen molar-refractivity contribution in [2.24, 2.45) is 5.92 Å². The normalized spacial score (nSPS) is 11.8. The molecule has 0 saturated carbocycles. The first-order valence-electron chi connectivity index (χ1n) is 7.86. The molecule has 5 nitrogen and oxygen atoms in total. The van der Waals surface area contributed by atoms with E-state index in [2.05, 4.69) is 23.6 Å². The van der Waals surface area contributed by atoms with Gasteiger partial charge in [-0.15, -0.1) is 11.8 Å². The number of thioether (sulfide) groups is 1. The molecule has 0 bridgehead atoms. The van der Waals surface area contributed by atoms with Gasteiger partial charge in [0.2, 0.25) is 0 Å². The summed E-state index contributed by atoms with van der Waals surface area (Å²) in [6, 6.07) is 1.66. The molecule has 0 fully saturated rings. The summed E-state index contributed by atoms with van der Waals surface area (Å²) in [5.74, 6) is 0.382. The lowest BCUT2D eigenvalue weighted by atomic mass is 10.0. The van der Waals surface area contributed by atoms with Gasteiger partial charge in [0.25, 0.3) is 0 Å². The number of esters is 2. The van der Waals surface area contributed by atoms with E-state index in [1.165, 1.54) is 33.5 Å². The molecule has 0 aliphatic heterocycles. The summed E-state index contributed by atoms with van der Waals surface area (Å²) in [7, 11) is 2.54. The van der Waals surface area contributed by atoms with Gasteiger partial charge in [0.15, 0.2) is 5.69 Å². The Morgan fingerprint density at radius 3 is 2.48 bits per heavy atom. The van der Waals surface area contributed by atoms with Gasteiger partial charge in [-0.2, -0.15) is 0 Å². The van der Waals surface area contributed by atoms with Gasteiger partial charge in [0.05, 0.1) is 19.8 Å². The lowest BCUT2D eigenvalue weighted by molar-refractivity contribution is 0.0549. The minimum atomic E-state index is -0.642. The second-order valence-corrected chi connectivity index (χ2v) is 6.37. The molecule has 0 amide bonds. The van der Waals surface area contributed by atoms with Crippen LogP contribution in [0.5, 0.6) is 0 Å². The molecule has 6 heteroatoms. The Hall–Kier alpha value is -1.56. The number of hydrogen-bond donors (Lipinski definition) is 0. The zero-order valence-corrected chi connectivity index (χ0v) is 15.1. The Morgan fingerprint density at radius 1 is 1.22 bits per heavy atom. The van der Waals surface area contributed by atoms with Gasteiger partial charge in [0.1, 0.15) is 0 Å². The lowest BCUT2D eigenvalue weighted by Gasteiger charge is -2.14. The van der Waals surface area contributed by atoms with Crippen molar-refractivity contribution >= 4 is 23.7 Å². The number of ether oxygens (including phenoxy) is 2. The number of carbonyl (C=O) groups is 2. The van der Waals surface area contributed by atoms with Crippen LogP contribution in [-0.4, -0.2) is 36.9 Å². The van der Waals surface area contributed by atoms with Crippen LogP contribution in [-0.2, 0) is 9.47 Å². The predicted molar refractivity (Wildman–Crippen MR) is 90.9 cm³/mol. The number of methoxy groups -OCH3 is 2. The number of hydrogen-bond acceptors (Lipinski definition) is 6. The van der Waals surface area contributed by atoms with E-state index in [0.717, 1.165) is 17.1 Å². The molecule has 1 heterocycles. The number of pyridine rings is 1. The SMILES string of the molecule is CCCCC(CC)CSc1cnc(C(=O)OC)c(C(=O)OC)c1. The maximum absolute atomic E-state index is 11.9. The summed E-state index contributed by atoms with van der Waals surface area (Å²) >= 11 is 1.65. The monoisotopic (exact) mass is 339 g/mol. The van der Waals surface area contributed by atoms with Gasteiger partial charge in [-0.25, -0.2) is 14.6 Å². The van der Waals surface area contributed by atoms with Crippen molar-refractivity contribution in [3.8, 4) is 0 Å². The van der Waals surface area contributed by atoms with E-state index < -0.39 is 11.9 Å². The van der Waals surface area contributed by atoms with E-state index in [0.29, 0.717) is 5.92 Å². The minimum absolute atomic E-state index is 0.0123. The van der Waals surface area contributed by atoms with Gasteiger partial charge < -0.3 is 9.47 Å². The van der Waals surface area contributed by atoms with Crippen LogP contribution < -0.4 is 0 Å². The van der Waals surface area contributed by atoms with Gasteiger partial charge in [-0.3, -0.25) is 0 Å². The van der Waals surface area contributed by atoms with E-state index in [-0.39, 0.29) is 11.3 Å². The summed E-state index contributed by atoms with van der Waals surface area (Å²) in [4.78, 5) is 28.5. The third-order valence-electron chi connectivity index (χ3n) is 3.68. The number of rotatable bonds is 9. The zero-order chi connectivity index (χ0) is 17.2. The smallest absolute Gasteiger partial charge is 0.357 e. The number of aromatic nitrogens is 1. The van der Waals surface area contributed by atoms with Crippen molar-refractivity contribution in [1.29, 1.82) is 0 Å². The molecule has 0 N–H and O–H groups in total. The molecule has 0 aliphatic carbocycles. The van der Waals surface area contributed by atoms with Crippen LogP contribution in [0.4, 0.5) is 0 Å². The number of unbranched alkanes of at least 4 members (excludes halogenated alkanes) is 1. The quantitative estimate of drug-likeness (QED) is 0.501. The average molecular weight is 339 g/mol. The molecule has 23 heavy (non-hydrogen) atoms. The van der Waals surface area contributed by atoms with E-state index >= 15 is 0 Å². The maximum atomic E-state index is 11.9. The first-order chi connectivity index (χ1) is 11.1. The van der Waals surface area contributed by atoms with E-state index in [1.807, 2.05) is 0 Å². The lowest BCUT2D eigenvalue weighted by Crippen LogP contribution is -2.14. The molecule has 0 aliphatic rings. The van der Waals surface area contributed by atoms with Crippen LogP contribution in [0, 0.1) is 5.92 Å². The van der Waals surface area contributed by atoms with Crippen molar-refractivity contribution in [2.75, 3.05) is 20.0 Å². The summed E-state index contributed by atoms with van der Waals surface area (Å²) in [5.41, 5.74) is 0.132. The Balaban J connectivity index is 2.88. The van der Waals surface area contributed by atoms with Crippen LogP contribution in [0.1, 0.15) is 60.4 Å². The van der Waals surface area contributed by atoms with E-state index in [4.69, 9.17) is 4.74 Å². The highest BCUT2D eigenvalue weighted by molar-refractivity contribution is 7.99. The van der Waals surface area contributed by atoms with Crippen LogP contribution >= 0.6 is 11.8 Å². The average Bonchev–Trinajstić information content (AvgIpc) is 2.60. The summed E-state index contributed by atoms with van der Waals surface area (Å²) < 4.78 is 9.39. The van der Waals surface area contributed by atoms with Crippen LogP contribution in [0.15, 0.2) is 17.2 Å². The molecule has 0 spiro atoms. The molecule has 1 atom stereocenters. The molecule has 128 valence electrons. The highest BCUT2D eigenvalue weighted by Crippen LogP contribution is 2.26. The van der Waals surface area contributed by atoms with Gasteiger partial charge >= 0.3 is 11.9 Å². The van der Waals surface area contributed by atoms with Crippen LogP contribution in [0.3, 0.4) is 0 Å². The molecule has 0 saturated heterocycles. The maximum Gasteiger partial charge on any atom is 0.357 e. The molecule has 1 rings (SSSR count). The predicted octanol–water partition coefficient (Wildman–Crippen LogP) is 3.96. The highest BCUT2D eigenvalue weighted by atomic mass is 32.2. The molecule has 1 aromatic heterocycles. The van der Waals surface area contributed by atoms with Crippen LogP contribution in [0.25, 0.3) is 0 Å². The van der Waals surface area contributed by atoms with E-state index in [1.54, 1.807) is 24.0 Å². The summed E-state index contributed by atoms with van der Waals surface area (Å²) in [5, 5.41) is 0. The fourth-order valence-electron chi connectivity index (χ4n) is 2.16.